The maximum atomic E-state index is 12.9. The molecule has 0 radical (unpaired) electrons. The van der Waals surface area contributed by atoms with E-state index in [0.717, 1.165) is 19.3 Å². The minimum Gasteiger partial charge on any atom is -0.493 e. The Balaban J connectivity index is 2.08. The van der Waals surface area contributed by atoms with Crippen LogP contribution < -0.4 is 29.1 Å². The number of carbonyl (C=O) groups excluding carboxylic acids is 2. The maximum Gasteiger partial charge on any atom is 0.343 e. The van der Waals surface area contributed by atoms with E-state index in [4.69, 9.17) is 23.7 Å². The average molecular weight is 501 g/mol. The largest absolute Gasteiger partial charge is 0.493 e. The van der Waals surface area contributed by atoms with Crippen molar-refractivity contribution in [2.24, 2.45) is 5.10 Å². The predicted octanol–water partition coefficient (Wildman–Crippen LogP) is 5.14. The molecule has 0 aliphatic heterocycles. The summed E-state index contributed by atoms with van der Waals surface area (Å²) in [6, 6.07) is 8.02. The summed E-state index contributed by atoms with van der Waals surface area (Å²) in [6.45, 7) is 4.35. The van der Waals surface area contributed by atoms with Crippen molar-refractivity contribution in [3.05, 3.63) is 41.5 Å². The number of methoxy groups -OCH3 is 3. The van der Waals surface area contributed by atoms with E-state index >= 15 is 0 Å². The standard InChI is InChI=1S/C27H36N2O7/c1-6-8-9-10-11-12-25(30)29-28-18-19-13-14-21(22(15-19)35-7-2)36-27(31)20-16-23(32-3)26(34-5)24(17-20)33-4/h13-18H,6-12H2,1-5H3,(H,29,30). The van der Waals surface area contributed by atoms with E-state index in [0.29, 0.717) is 41.6 Å². The van der Waals surface area contributed by atoms with E-state index in [9.17, 15) is 9.59 Å². The van der Waals surface area contributed by atoms with Gasteiger partial charge in [0.25, 0.3) is 0 Å². The number of carbonyl (C=O) groups is 2. The summed E-state index contributed by atoms with van der Waals surface area (Å²) < 4.78 is 27.2. The van der Waals surface area contributed by atoms with Gasteiger partial charge in [-0.05, 0) is 49.2 Å². The molecule has 0 aliphatic rings. The molecule has 0 saturated carbocycles. The van der Waals surface area contributed by atoms with Crippen LogP contribution in [0.4, 0.5) is 0 Å². The van der Waals surface area contributed by atoms with Crippen LogP contribution in [0.15, 0.2) is 35.4 Å². The van der Waals surface area contributed by atoms with Gasteiger partial charge in [0.2, 0.25) is 11.7 Å². The molecule has 196 valence electrons. The molecule has 0 heterocycles. The van der Waals surface area contributed by atoms with Crippen LogP contribution in [0.5, 0.6) is 28.7 Å². The molecule has 0 saturated heterocycles. The smallest absolute Gasteiger partial charge is 0.343 e. The Kier molecular flexibility index (Phi) is 12.1. The Labute approximate surface area is 212 Å². The minimum atomic E-state index is -0.622. The first-order valence-corrected chi connectivity index (χ1v) is 12.1. The number of esters is 1. The first-order chi connectivity index (χ1) is 17.5. The van der Waals surface area contributed by atoms with Gasteiger partial charge in [-0.3, -0.25) is 4.79 Å². The van der Waals surface area contributed by atoms with Crippen molar-refractivity contribution in [1.82, 2.24) is 5.43 Å². The maximum absolute atomic E-state index is 12.9. The number of amides is 1. The van der Waals surface area contributed by atoms with Crippen LogP contribution in [0.3, 0.4) is 0 Å². The summed E-state index contributed by atoms with van der Waals surface area (Å²) in [5, 5.41) is 4.02. The molecule has 1 amide bonds. The summed E-state index contributed by atoms with van der Waals surface area (Å²) in [7, 11) is 4.42. The predicted molar refractivity (Wildman–Crippen MR) is 138 cm³/mol. The highest BCUT2D eigenvalue weighted by Gasteiger charge is 2.19. The SMILES string of the molecule is CCCCCCCC(=O)NN=Cc1ccc(OC(=O)c2cc(OC)c(OC)c(OC)c2)c(OCC)c1. The lowest BCUT2D eigenvalue weighted by Gasteiger charge is -2.15. The quantitative estimate of drug-likeness (QED) is 0.119. The Bertz CT molecular complexity index is 1010. The van der Waals surface area contributed by atoms with Crippen molar-refractivity contribution in [1.29, 1.82) is 0 Å². The molecule has 2 aromatic rings. The number of nitrogens with one attached hydrogen (secondary N) is 1. The number of hydrazone groups is 1. The zero-order valence-electron chi connectivity index (χ0n) is 21.7. The highest BCUT2D eigenvalue weighted by atomic mass is 16.6. The lowest BCUT2D eigenvalue weighted by molar-refractivity contribution is -0.121. The number of benzene rings is 2. The summed E-state index contributed by atoms with van der Waals surface area (Å²) in [5.74, 6) is 0.908. The summed E-state index contributed by atoms with van der Waals surface area (Å²) in [6.07, 6.45) is 7.35. The van der Waals surface area contributed by atoms with Gasteiger partial charge in [-0.1, -0.05) is 32.6 Å². The molecule has 9 nitrogen and oxygen atoms in total. The van der Waals surface area contributed by atoms with Crippen LogP contribution in [0, 0.1) is 0 Å². The van der Waals surface area contributed by atoms with E-state index in [1.165, 1.54) is 52.5 Å². The molecule has 0 aliphatic carbocycles. The molecule has 0 atom stereocenters. The van der Waals surface area contributed by atoms with Crippen LogP contribution >= 0.6 is 0 Å². The molecule has 0 aromatic heterocycles. The lowest BCUT2D eigenvalue weighted by Crippen LogP contribution is -2.16. The Hall–Kier alpha value is -3.75. The highest BCUT2D eigenvalue weighted by Crippen LogP contribution is 2.38. The van der Waals surface area contributed by atoms with Crippen molar-refractivity contribution in [3.63, 3.8) is 0 Å². The molecule has 0 bridgehead atoms. The third-order valence-electron chi connectivity index (χ3n) is 5.28. The van der Waals surface area contributed by atoms with Gasteiger partial charge < -0.3 is 23.7 Å². The van der Waals surface area contributed by atoms with Crippen LogP contribution in [0.1, 0.15) is 68.3 Å². The fraction of sp³-hybridized carbons (Fsp3) is 0.444. The molecule has 2 aromatic carbocycles. The Morgan fingerprint density at radius 2 is 1.56 bits per heavy atom. The zero-order valence-corrected chi connectivity index (χ0v) is 21.7. The van der Waals surface area contributed by atoms with E-state index in [-0.39, 0.29) is 17.2 Å². The van der Waals surface area contributed by atoms with Crippen molar-refractivity contribution < 1.29 is 33.3 Å². The molecular formula is C27H36N2O7. The average Bonchev–Trinajstić information content (AvgIpc) is 2.89. The van der Waals surface area contributed by atoms with E-state index < -0.39 is 5.97 Å². The fourth-order valence-electron chi connectivity index (χ4n) is 3.44. The van der Waals surface area contributed by atoms with Gasteiger partial charge in [-0.2, -0.15) is 5.10 Å². The van der Waals surface area contributed by atoms with Crippen LogP contribution in [-0.2, 0) is 4.79 Å². The third-order valence-corrected chi connectivity index (χ3v) is 5.28. The Morgan fingerprint density at radius 3 is 2.17 bits per heavy atom. The topological polar surface area (TPSA) is 105 Å². The second-order valence-corrected chi connectivity index (χ2v) is 7.90. The summed E-state index contributed by atoms with van der Waals surface area (Å²) >= 11 is 0. The molecule has 0 spiro atoms. The second-order valence-electron chi connectivity index (χ2n) is 7.90. The van der Waals surface area contributed by atoms with Crippen LogP contribution in [-0.4, -0.2) is 46.0 Å². The van der Waals surface area contributed by atoms with Gasteiger partial charge in [0, 0.05) is 6.42 Å². The molecule has 2 rings (SSSR count). The number of rotatable bonds is 15. The van der Waals surface area contributed by atoms with Crippen molar-refractivity contribution in [3.8, 4) is 28.7 Å². The minimum absolute atomic E-state index is 0.122. The van der Waals surface area contributed by atoms with Crippen LogP contribution in [0.2, 0.25) is 0 Å². The van der Waals surface area contributed by atoms with E-state index in [1.54, 1.807) is 18.2 Å². The number of ether oxygens (including phenoxy) is 5. The molecule has 0 unspecified atom stereocenters. The number of unbranched alkanes of at least 4 members (excludes halogenated alkanes) is 4. The zero-order chi connectivity index (χ0) is 26.3. The molecule has 36 heavy (non-hydrogen) atoms. The van der Waals surface area contributed by atoms with Crippen molar-refractivity contribution in [2.45, 2.75) is 52.4 Å². The first-order valence-electron chi connectivity index (χ1n) is 12.1. The third kappa shape index (κ3) is 8.48. The first kappa shape index (κ1) is 28.5. The molecule has 0 fully saturated rings. The van der Waals surface area contributed by atoms with Crippen molar-refractivity contribution >= 4 is 18.1 Å². The fourth-order valence-corrected chi connectivity index (χ4v) is 3.44. The summed E-state index contributed by atoms with van der Waals surface area (Å²) in [5.41, 5.74) is 3.44. The second kappa shape index (κ2) is 15.3. The van der Waals surface area contributed by atoms with Gasteiger partial charge in [0.05, 0.1) is 39.7 Å². The highest BCUT2D eigenvalue weighted by molar-refractivity contribution is 5.93. The Morgan fingerprint density at radius 1 is 0.861 bits per heavy atom. The van der Waals surface area contributed by atoms with E-state index in [1.807, 2.05) is 6.92 Å². The monoisotopic (exact) mass is 500 g/mol. The molecule has 1 N–H and O–H groups in total. The van der Waals surface area contributed by atoms with Crippen LogP contribution in [0.25, 0.3) is 0 Å². The lowest BCUT2D eigenvalue weighted by atomic mass is 10.1. The van der Waals surface area contributed by atoms with Gasteiger partial charge in [0.1, 0.15) is 0 Å². The molecular weight excluding hydrogens is 464 g/mol. The molecule has 9 heteroatoms. The van der Waals surface area contributed by atoms with Gasteiger partial charge in [0.15, 0.2) is 23.0 Å². The number of hydrogen-bond acceptors (Lipinski definition) is 8. The van der Waals surface area contributed by atoms with Crippen molar-refractivity contribution in [2.75, 3.05) is 27.9 Å². The van der Waals surface area contributed by atoms with E-state index in [2.05, 4.69) is 17.5 Å². The normalized spacial score (nSPS) is 10.7. The summed E-state index contributed by atoms with van der Waals surface area (Å²) in [4.78, 5) is 24.8. The van der Waals surface area contributed by atoms with Gasteiger partial charge in [-0.15, -0.1) is 0 Å². The number of nitrogens with zero attached hydrogens (tertiary/aromatic N) is 1. The number of hydrogen-bond donors (Lipinski definition) is 1. The van der Waals surface area contributed by atoms with Gasteiger partial charge in [-0.25, -0.2) is 10.2 Å². The van der Waals surface area contributed by atoms with Gasteiger partial charge >= 0.3 is 5.97 Å².